The molecule has 1 N–H and O–H groups in total. The Morgan fingerprint density at radius 2 is 1.93 bits per heavy atom. The highest BCUT2D eigenvalue weighted by Gasteiger charge is 2.28. The van der Waals surface area contributed by atoms with Gasteiger partial charge in [0.15, 0.2) is 11.3 Å². The molecule has 4 rings (SSSR count). The summed E-state index contributed by atoms with van der Waals surface area (Å²) in [6.45, 7) is 6.09. The van der Waals surface area contributed by atoms with E-state index in [1.165, 1.54) is 0 Å². The molecule has 0 radical (unpaired) electrons. The molecule has 0 unspecified atom stereocenters. The summed E-state index contributed by atoms with van der Waals surface area (Å²) in [5, 5.41) is 15.0. The number of hydrogen-bond acceptors (Lipinski definition) is 5. The smallest absolute Gasteiger partial charge is 0.242 e. The third-order valence-corrected chi connectivity index (χ3v) is 5.20. The molecule has 0 saturated heterocycles. The molecule has 0 aliphatic heterocycles. The number of aromatic amines is 1. The van der Waals surface area contributed by atoms with Crippen LogP contribution in [0.1, 0.15) is 32.0 Å². The van der Waals surface area contributed by atoms with Gasteiger partial charge in [-0.3, -0.25) is 4.68 Å². The highest BCUT2D eigenvalue weighted by atomic mass is 35.5. The third-order valence-electron chi connectivity index (χ3n) is 4.87. The lowest BCUT2D eigenvalue weighted by Gasteiger charge is -2.15. The lowest BCUT2D eigenvalue weighted by Crippen LogP contribution is -2.14. The summed E-state index contributed by atoms with van der Waals surface area (Å²) in [5.74, 6) is 0.907. The van der Waals surface area contributed by atoms with E-state index in [9.17, 15) is 5.26 Å². The van der Waals surface area contributed by atoms with E-state index in [0.717, 1.165) is 16.8 Å². The first-order valence-corrected chi connectivity index (χ1v) is 9.80. The van der Waals surface area contributed by atoms with Gasteiger partial charge in [0.25, 0.3) is 0 Å². The number of imidazole rings is 1. The SMILES string of the molecule is COc1nc(-c2ccccc2Cl)cc2[nH]c(-c3c(C#N)c(C(C)(C)C)nn3C)nc12. The van der Waals surface area contributed by atoms with E-state index < -0.39 is 0 Å². The van der Waals surface area contributed by atoms with Gasteiger partial charge in [-0.05, 0) is 12.1 Å². The molecule has 4 aromatic rings. The Morgan fingerprint density at radius 1 is 1.20 bits per heavy atom. The summed E-state index contributed by atoms with van der Waals surface area (Å²) in [7, 11) is 3.36. The van der Waals surface area contributed by atoms with Gasteiger partial charge in [-0.15, -0.1) is 0 Å². The minimum absolute atomic E-state index is 0.274. The van der Waals surface area contributed by atoms with Gasteiger partial charge < -0.3 is 9.72 Å². The number of pyridine rings is 1. The molecule has 3 heterocycles. The van der Waals surface area contributed by atoms with E-state index in [0.29, 0.717) is 39.2 Å². The maximum Gasteiger partial charge on any atom is 0.242 e. The Labute approximate surface area is 179 Å². The molecule has 8 heteroatoms. The fourth-order valence-electron chi connectivity index (χ4n) is 3.47. The van der Waals surface area contributed by atoms with Crippen molar-refractivity contribution in [2.45, 2.75) is 26.2 Å². The first-order valence-electron chi connectivity index (χ1n) is 9.42. The van der Waals surface area contributed by atoms with Gasteiger partial charge >= 0.3 is 0 Å². The van der Waals surface area contributed by atoms with Crippen molar-refractivity contribution in [3.8, 4) is 34.7 Å². The molecular weight excluding hydrogens is 400 g/mol. The zero-order valence-electron chi connectivity index (χ0n) is 17.4. The second-order valence-electron chi connectivity index (χ2n) is 8.04. The third kappa shape index (κ3) is 3.19. The number of ether oxygens (including phenoxy) is 1. The summed E-state index contributed by atoms with van der Waals surface area (Å²) in [6.07, 6.45) is 0. The molecule has 0 bridgehead atoms. The summed E-state index contributed by atoms with van der Waals surface area (Å²) >= 11 is 6.36. The standard InChI is InChI=1S/C22H21ClN6O/c1-22(2,3)19-13(11-24)18(29(4)28-19)20-25-16-10-15(12-8-6-7-9-14(12)23)26-21(30-5)17(16)27-20/h6-10H,1-5H3,(H,25,27). The lowest BCUT2D eigenvalue weighted by atomic mass is 9.89. The van der Waals surface area contributed by atoms with Gasteiger partial charge in [0.2, 0.25) is 5.88 Å². The molecule has 0 saturated carbocycles. The van der Waals surface area contributed by atoms with Gasteiger partial charge in [0, 0.05) is 23.0 Å². The summed E-state index contributed by atoms with van der Waals surface area (Å²) in [4.78, 5) is 12.6. The normalized spacial score (nSPS) is 11.6. The number of nitrogens with one attached hydrogen (secondary N) is 1. The maximum absolute atomic E-state index is 9.84. The number of aromatic nitrogens is 5. The van der Waals surface area contributed by atoms with Gasteiger partial charge in [0.1, 0.15) is 17.3 Å². The first-order chi connectivity index (χ1) is 14.2. The molecule has 7 nitrogen and oxygen atoms in total. The molecule has 0 aliphatic carbocycles. The van der Waals surface area contributed by atoms with Gasteiger partial charge in [-0.2, -0.15) is 10.4 Å². The van der Waals surface area contributed by atoms with E-state index in [1.54, 1.807) is 11.8 Å². The zero-order valence-corrected chi connectivity index (χ0v) is 18.2. The van der Waals surface area contributed by atoms with Crippen LogP contribution in [0, 0.1) is 11.3 Å². The van der Waals surface area contributed by atoms with Crippen molar-refractivity contribution in [3.05, 3.63) is 46.6 Å². The Balaban J connectivity index is 1.95. The molecule has 0 fully saturated rings. The lowest BCUT2D eigenvalue weighted by molar-refractivity contribution is 0.403. The molecule has 152 valence electrons. The Morgan fingerprint density at radius 3 is 2.57 bits per heavy atom. The molecule has 3 aromatic heterocycles. The average Bonchev–Trinajstić information content (AvgIpc) is 3.27. The van der Waals surface area contributed by atoms with Crippen LogP contribution in [0.2, 0.25) is 5.02 Å². The largest absolute Gasteiger partial charge is 0.479 e. The fraction of sp³-hybridized carbons (Fsp3) is 0.273. The van der Waals surface area contributed by atoms with Crippen LogP contribution in [0.15, 0.2) is 30.3 Å². The number of halogens is 1. The number of benzene rings is 1. The van der Waals surface area contributed by atoms with E-state index in [-0.39, 0.29) is 5.41 Å². The number of nitrogens with zero attached hydrogens (tertiary/aromatic N) is 5. The molecular formula is C22H21ClN6O. The molecule has 1 aromatic carbocycles. The topological polar surface area (TPSA) is 92.4 Å². The van der Waals surface area contributed by atoms with Gasteiger partial charge in [-0.25, -0.2) is 9.97 Å². The molecule has 30 heavy (non-hydrogen) atoms. The van der Waals surface area contributed by atoms with Crippen LogP contribution in [-0.2, 0) is 12.5 Å². The Kier molecular flexibility index (Phi) is 4.75. The van der Waals surface area contributed by atoms with Crippen LogP contribution in [0.4, 0.5) is 0 Å². The van der Waals surface area contributed by atoms with Crippen molar-refractivity contribution in [1.29, 1.82) is 5.26 Å². The van der Waals surface area contributed by atoms with Crippen molar-refractivity contribution in [3.63, 3.8) is 0 Å². The van der Waals surface area contributed by atoms with Crippen molar-refractivity contribution in [2.75, 3.05) is 7.11 Å². The van der Waals surface area contributed by atoms with Crippen molar-refractivity contribution >= 4 is 22.6 Å². The van der Waals surface area contributed by atoms with Crippen molar-refractivity contribution < 1.29 is 4.74 Å². The van der Waals surface area contributed by atoms with Crippen LogP contribution in [0.25, 0.3) is 33.8 Å². The van der Waals surface area contributed by atoms with Crippen LogP contribution in [0.5, 0.6) is 5.88 Å². The quantitative estimate of drug-likeness (QED) is 0.511. The molecule has 0 aliphatic rings. The number of aryl methyl sites for hydroxylation is 1. The van der Waals surface area contributed by atoms with Crippen molar-refractivity contribution in [2.24, 2.45) is 7.05 Å². The minimum atomic E-state index is -0.274. The second-order valence-corrected chi connectivity index (χ2v) is 8.44. The number of H-pyrrole nitrogens is 1. The highest BCUT2D eigenvalue weighted by molar-refractivity contribution is 6.33. The minimum Gasteiger partial charge on any atom is -0.479 e. The summed E-state index contributed by atoms with van der Waals surface area (Å²) in [6, 6.07) is 11.7. The number of hydrogen-bond donors (Lipinski definition) is 1. The Bertz CT molecular complexity index is 1310. The van der Waals surface area contributed by atoms with E-state index in [1.807, 2.05) is 58.2 Å². The van der Waals surface area contributed by atoms with Gasteiger partial charge in [0.05, 0.1) is 24.0 Å². The van der Waals surface area contributed by atoms with Crippen LogP contribution in [0.3, 0.4) is 0 Å². The first kappa shape index (κ1) is 19.9. The number of rotatable bonds is 3. The van der Waals surface area contributed by atoms with Crippen molar-refractivity contribution in [1.82, 2.24) is 24.7 Å². The predicted molar refractivity (Wildman–Crippen MR) is 117 cm³/mol. The monoisotopic (exact) mass is 420 g/mol. The summed E-state index contributed by atoms with van der Waals surface area (Å²) < 4.78 is 7.19. The molecule has 0 amide bonds. The second kappa shape index (κ2) is 7.15. The highest BCUT2D eigenvalue weighted by Crippen LogP contribution is 2.35. The average molecular weight is 421 g/mol. The number of methoxy groups -OCH3 is 1. The molecule has 0 spiro atoms. The predicted octanol–water partition coefficient (Wildman–Crippen LogP) is 4.86. The summed E-state index contributed by atoms with van der Waals surface area (Å²) in [5.41, 5.74) is 4.35. The van der Waals surface area contributed by atoms with E-state index >= 15 is 0 Å². The number of fused-ring (bicyclic) bond motifs is 1. The van der Waals surface area contributed by atoms with Crippen LogP contribution in [-0.4, -0.2) is 31.8 Å². The van der Waals surface area contributed by atoms with Crippen LogP contribution < -0.4 is 4.74 Å². The fourth-order valence-corrected chi connectivity index (χ4v) is 3.71. The van der Waals surface area contributed by atoms with E-state index in [4.69, 9.17) is 16.3 Å². The van der Waals surface area contributed by atoms with Gasteiger partial charge in [-0.1, -0.05) is 50.6 Å². The van der Waals surface area contributed by atoms with Crippen LogP contribution >= 0.6 is 11.6 Å². The number of nitriles is 1. The zero-order chi connectivity index (χ0) is 21.6. The molecule has 0 atom stereocenters. The van der Waals surface area contributed by atoms with E-state index in [2.05, 4.69) is 26.1 Å². The Hall–Kier alpha value is -3.37. The maximum atomic E-state index is 9.84.